The summed E-state index contributed by atoms with van der Waals surface area (Å²) in [6, 6.07) is 0. The van der Waals surface area contributed by atoms with Gasteiger partial charge >= 0.3 is 35.8 Å². The number of unbranched alkanes of at least 4 members (excludes halogenated alkanes) is 2. The number of allylic oxidation sites excluding steroid dienone is 4. The third-order valence-corrected chi connectivity index (χ3v) is 5.60. The molecule has 0 amide bonds. The van der Waals surface area contributed by atoms with Crippen molar-refractivity contribution in [1.82, 2.24) is 0 Å². The first kappa shape index (κ1) is 29.9. The van der Waals surface area contributed by atoms with Gasteiger partial charge in [-0.2, -0.15) is 0 Å². The van der Waals surface area contributed by atoms with Gasteiger partial charge in [0.1, 0.15) is 11.8 Å². The number of hydrogen-bond donors (Lipinski definition) is 2. The highest BCUT2D eigenvalue weighted by Gasteiger charge is 2.29. The lowest BCUT2D eigenvalue weighted by molar-refractivity contribution is -0.166. The molecule has 2 atom stereocenters. The van der Waals surface area contributed by atoms with E-state index in [4.69, 9.17) is 9.47 Å². The van der Waals surface area contributed by atoms with Crippen molar-refractivity contribution < 1.29 is 48.5 Å². The molecule has 2 N–H and O–H groups in total. The maximum Gasteiger partial charge on any atom is 0.335 e. The second-order valence-corrected chi connectivity index (χ2v) is 8.56. The first-order valence-electron chi connectivity index (χ1n) is 12.2. The van der Waals surface area contributed by atoms with Gasteiger partial charge in [-0.3, -0.25) is 19.2 Å². The molecule has 202 valence electrons. The summed E-state index contributed by atoms with van der Waals surface area (Å²) in [6.45, 7) is 3.82. The standard InChI is InChI=1S/C28H30O10/c1-3-5-7-17-15-19(25(31)32)9-11-21(17)27(35)37-23(29)13-14-24(30)38-28(36)22-12-10-20(26(33)34)16-18(22)8-6-4-2/h7-12,15-16,21-22H,3-6,13-14H2,1-2H3,(H,31,32)(H,33,34). The van der Waals surface area contributed by atoms with Gasteiger partial charge in [-0.05, 0) is 36.1 Å². The van der Waals surface area contributed by atoms with Crippen LogP contribution in [0, 0.1) is 11.8 Å². The van der Waals surface area contributed by atoms with Crippen LogP contribution in [0.3, 0.4) is 0 Å². The quantitative estimate of drug-likeness (QED) is 0.299. The Kier molecular flexibility index (Phi) is 11.3. The molecule has 0 bridgehead atoms. The maximum atomic E-state index is 12.5. The van der Waals surface area contributed by atoms with Crippen LogP contribution in [-0.4, -0.2) is 46.0 Å². The van der Waals surface area contributed by atoms with Crippen LogP contribution in [0.1, 0.15) is 52.4 Å². The Balaban J connectivity index is 1.94. The Labute approximate surface area is 219 Å². The van der Waals surface area contributed by atoms with Crippen LogP contribution in [0.4, 0.5) is 0 Å². The largest absolute Gasteiger partial charge is 0.478 e. The van der Waals surface area contributed by atoms with Crippen LogP contribution in [0.25, 0.3) is 0 Å². The van der Waals surface area contributed by atoms with E-state index in [1.165, 1.54) is 36.5 Å². The summed E-state index contributed by atoms with van der Waals surface area (Å²) in [7, 11) is 0. The van der Waals surface area contributed by atoms with E-state index in [0.717, 1.165) is 12.8 Å². The van der Waals surface area contributed by atoms with Gasteiger partial charge in [0, 0.05) is 0 Å². The van der Waals surface area contributed by atoms with Gasteiger partial charge in [-0.25, -0.2) is 9.59 Å². The second kappa shape index (κ2) is 14.4. The van der Waals surface area contributed by atoms with Crippen LogP contribution in [0.5, 0.6) is 0 Å². The number of carbonyl (C=O) groups excluding carboxylic acids is 4. The molecule has 0 aliphatic heterocycles. The third-order valence-electron chi connectivity index (χ3n) is 5.60. The first-order chi connectivity index (χ1) is 18.1. The molecule has 0 aromatic carbocycles. The van der Waals surface area contributed by atoms with Crippen LogP contribution < -0.4 is 0 Å². The monoisotopic (exact) mass is 526 g/mol. The van der Waals surface area contributed by atoms with Crippen molar-refractivity contribution in [3.05, 3.63) is 70.9 Å². The summed E-state index contributed by atoms with van der Waals surface area (Å²) in [5.74, 6) is -8.12. The van der Waals surface area contributed by atoms with Crippen molar-refractivity contribution >= 4 is 35.8 Å². The van der Waals surface area contributed by atoms with E-state index in [1.54, 1.807) is 12.2 Å². The number of ether oxygens (including phenoxy) is 2. The molecule has 0 heterocycles. The van der Waals surface area contributed by atoms with E-state index in [0.29, 0.717) is 24.0 Å². The summed E-state index contributed by atoms with van der Waals surface area (Å²) in [5.41, 5.74) is 0.764. The average molecular weight is 527 g/mol. The van der Waals surface area contributed by atoms with Crippen molar-refractivity contribution in [2.24, 2.45) is 11.8 Å². The van der Waals surface area contributed by atoms with Crippen LogP contribution >= 0.6 is 0 Å². The highest BCUT2D eigenvalue weighted by molar-refractivity contribution is 5.97. The SMILES string of the molecule is CCCC=C1C=C(C(=O)O)C=CC1C(=O)OC(=O)CCC(=O)OC(=O)C1C=CC(C(=O)O)=CC1=CCCC. The molecule has 10 heteroatoms. The van der Waals surface area contributed by atoms with Gasteiger partial charge in [0.2, 0.25) is 0 Å². The third kappa shape index (κ3) is 8.65. The van der Waals surface area contributed by atoms with Gasteiger partial charge in [-0.15, -0.1) is 0 Å². The lowest BCUT2D eigenvalue weighted by Gasteiger charge is -2.18. The van der Waals surface area contributed by atoms with Crippen molar-refractivity contribution in [2.75, 3.05) is 0 Å². The Morgan fingerprint density at radius 1 is 0.711 bits per heavy atom. The lowest BCUT2D eigenvalue weighted by Crippen LogP contribution is -2.25. The molecule has 0 spiro atoms. The normalized spacial score (nSPS) is 20.5. The van der Waals surface area contributed by atoms with E-state index < -0.39 is 60.5 Å². The molecule has 0 aromatic heterocycles. The molecule has 0 saturated carbocycles. The van der Waals surface area contributed by atoms with E-state index in [2.05, 4.69) is 0 Å². The molecule has 2 rings (SSSR count). The number of esters is 4. The minimum Gasteiger partial charge on any atom is -0.478 e. The molecule has 0 aromatic rings. The molecular weight excluding hydrogens is 496 g/mol. The topological polar surface area (TPSA) is 161 Å². The highest BCUT2D eigenvalue weighted by atomic mass is 16.6. The van der Waals surface area contributed by atoms with Gasteiger partial charge in [0.15, 0.2) is 0 Å². The number of carboxylic acids is 2. The summed E-state index contributed by atoms with van der Waals surface area (Å²) in [6.07, 6.45) is 12.9. The molecule has 2 unspecified atom stereocenters. The van der Waals surface area contributed by atoms with E-state index in [9.17, 15) is 39.0 Å². The molecule has 10 nitrogen and oxygen atoms in total. The molecule has 0 fully saturated rings. The van der Waals surface area contributed by atoms with Crippen molar-refractivity contribution in [2.45, 2.75) is 52.4 Å². The van der Waals surface area contributed by atoms with E-state index in [1.807, 2.05) is 13.8 Å². The lowest BCUT2D eigenvalue weighted by atomic mass is 9.90. The summed E-state index contributed by atoms with van der Waals surface area (Å²) in [4.78, 5) is 71.9. The summed E-state index contributed by atoms with van der Waals surface area (Å²) >= 11 is 0. The maximum absolute atomic E-state index is 12.5. The highest BCUT2D eigenvalue weighted by Crippen LogP contribution is 2.26. The number of rotatable bonds is 11. The fraction of sp³-hybridized carbons (Fsp3) is 0.357. The zero-order chi connectivity index (χ0) is 28.2. The average Bonchev–Trinajstić information content (AvgIpc) is 2.88. The van der Waals surface area contributed by atoms with Gasteiger partial charge < -0.3 is 19.7 Å². The van der Waals surface area contributed by atoms with Crippen molar-refractivity contribution in [3.8, 4) is 0 Å². The predicted molar refractivity (Wildman–Crippen MR) is 134 cm³/mol. The van der Waals surface area contributed by atoms with Crippen LogP contribution in [-0.2, 0) is 38.2 Å². The fourth-order valence-corrected chi connectivity index (χ4v) is 3.60. The first-order valence-corrected chi connectivity index (χ1v) is 12.2. The smallest absolute Gasteiger partial charge is 0.335 e. The molecule has 2 aliphatic carbocycles. The zero-order valence-electron chi connectivity index (χ0n) is 21.2. The zero-order valence-corrected chi connectivity index (χ0v) is 21.2. The Hall–Kier alpha value is -4.34. The minimum atomic E-state index is -1.16. The van der Waals surface area contributed by atoms with Crippen LogP contribution in [0.2, 0.25) is 0 Å². The summed E-state index contributed by atoms with van der Waals surface area (Å²) < 4.78 is 9.68. The molecule has 2 aliphatic rings. The van der Waals surface area contributed by atoms with Crippen molar-refractivity contribution in [1.29, 1.82) is 0 Å². The predicted octanol–water partition coefficient (Wildman–Crippen LogP) is 3.75. The Morgan fingerprint density at radius 3 is 1.39 bits per heavy atom. The number of carbonyl (C=O) groups is 6. The number of carboxylic acid groups (broad SMARTS) is 2. The van der Waals surface area contributed by atoms with Gasteiger partial charge in [0.05, 0.1) is 24.0 Å². The molecule has 0 saturated heterocycles. The Bertz CT molecular complexity index is 1080. The molecule has 0 radical (unpaired) electrons. The van der Waals surface area contributed by atoms with Crippen LogP contribution in [0.15, 0.2) is 70.9 Å². The van der Waals surface area contributed by atoms with Gasteiger partial charge in [-0.1, -0.05) is 63.1 Å². The van der Waals surface area contributed by atoms with E-state index >= 15 is 0 Å². The number of hydrogen-bond acceptors (Lipinski definition) is 8. The fourth-order valence-electron chi connectivity index (χ4n) is 3.60. The minimum absolute atomic E-state index is 0.00896. The molecule has 38 heavy (non-hydrogen) atoms. The number of aliphatic carboxylic acids is 2. The van der Waals surface area contributed by atoms with Gasteiger partial charge in [0.25, 0.3) is 0 Å². The summed E-state index contributed by atoms with van der Waals surface area (Å²) in [5, 5.41) is 18.4. The van der Waals surface area contributed by atoms with E-state index in [-0.39, 0.29) is 11.1 Å². The second-order valence-electron chi connectivity index (χ2n) is 8.56. The van der Waals surface area contributed by atoms with Crippen molar-refractivity contribution in [3.63, 3.8) is 0 Å². The molecular formula is C28H30O10. The Morgan fingerprint density at radius 2 is 1.08 bits per heavy atom.